The fourth-order valence-electron chi connectivity index (χ4n) is 5.56. The van der Waals surface area contributed by atoms with E-state index in [2.05, 4.69) is 34.9 Å². The third-order valence-corrected chi connectivity index (χ3v) is 7.59. The summed E-state index contributed by atoms with van der Waals surface area (Å²) in [6.45, 7) is 6.01. The Morgan fingerprint density at radius 1 is 0.816 bits per heavy atom. The van der Waals surface area contributed by atoms with Gasteiger partial charge in [0, 0.05) is 31.4 Å². The molecule has 7 heterocycles. The molecule has 0 bridgehead atoms. The zero-order valence-corrected chi connectivity index (χ0v) is 21.4. The Kier molecular flexibility index (Phi) is 6.09. The molecule has 10 heteroatoms. The van der Waals surface area contributed by atoms with E-state index in [-0.39, 0.29) is 0 Å². The van der Waals surface area contributed by atoms with Crippen molar-refractivity contribution in [2.75, 3.05) is 44.2 Å². The monoisotopic (exact) mass is 509 g/mol. The number of aromatic amines is 2. The number of nitrogens with zero attached hydrogens (tertiary/aromatic N) is 7. The summed E-state index contributed by atoms with van der Waals surface area (Å²) in [6, 6.07) is 5.98. The second-order valence-corrected chi connectivity index (χ2v) is 10.2. The van der Waals surface area contributed by atoms with Crippen LogP contribution in [0.2, 0.25) is 0 Å². The number of hydrogen-bond donors (Lipinski definition) is 2. The summed E-state index contributed by atoms with van der Waals surface area (Å²) in [7, 11) is 0. The first-order valence-electron chi connectivity index (χ1n) is 13.6. The van der Waals surface area contributed by atoms with Crippen LogP contribution in [-0.2, 0) is 0 Å². The van der Waals surface area contributed by atoms with Gasteiger partial charge in [-0.15, -0.1) is 0 Å². The summed E-state index contributed by atoms with van der Waals surface area (Å²) < 4.78 is 6.02. The Labute approximate surface area is 220 Å². The van der Waals surface area contributed by atoms with Crippen LogP contribution in [0.15, 0.2) is 43.0 Å². The van der Waals surface area contributed by atoms with Gasteiger partial charge in [-0.05, 0) is 63.4 Å². The zero-order chi connectivity index (χ0) is 25.3. The first-order chi connectivity index (χ1) is 18.8. The lowest BCUT2D eigenvalue weighted by molar-refractivity contribution is 0.237. The van der Waals surface area contributed by atoms with Crippen LogP contribution in [0.5, 0.6) is 5.75 Å². The molecule has 0 atom stereocenters. The molecule has 5 aromatic heterocycles. The van der Waals surface area contributed by atoms with Gasteiger partial charge in [0.1, 0.15) is 23.4 Å². The number of ether oxygens (including phenoxy) is 1. The van der Waals surface area contributed by atoms with Gasteiger partial charge < -0.3 is 14.6 Å². The van der Waals surface area contributed by atoms with Crippen LogP contribution in [0.25, 0.3) is 44.8 Å². The molecule has 0 saturated carbocycles. The van der Waals surface area contributed by atoms with E-state index in [1.807, 2.05) is 36.8 Å². The average Bonchev–Trinajstić information content (AvgIpc) is 3.73. The molecule has 0 amide bonds. The second-order valence-electron chi connectivity index (χ2n) is 10.2. The van der Waals surface area contributed by atoms with Crippen LogP contribution in [0.4, 0.5) is 5.69 Å². The zero-order valence-electron chi connectivity index (χ0n) is 21.4. The van der Waals surface area contributed by atoms with E-state index in [0.717, 1.165) is 64.4 Å². The van der Waals surface area contributed by atoms with Crippen molar-refractivity contribution >= 4 is 27.8 Å². The van der Waals surface area contributed by atoms with Gasteiger partial charge in [0.25, 0.3) is 0 Å². The highest BCUT2D eigenvalue weighted by Gasteiger charge is 2.20. The van der Waals surface area contributed by atoms with Crippen molar-refractivity contribution in [3.05, 3.63) is 43.0 Å². The van der Waals surface area contributed by atoms with Crippen LogP contribution in [0, 0.1) is 0 Å². The SMILES string of the molecule is c1ncc(-c2ccc3[nH]nc(-c4nc5c(N6CCCCC6)cncc5[nH]4)c3n2)cc1OCCN1CCCC1. The van der Waals surface area contributed by atoms with Crippen LogP contribution in [-0.4, -0.2) is 79.3 Å². The summed E-state index contributed by atoms with van der Waals surface area (Å²) in [4.78, 5) is 27.1. The minimum absolute atomic E-state index is 0.657. The van der Waals surface area contributed by atoms with E-state index in [0.29, 0.717) is 18.1 Å². The average molecular weight is 510 g/mol. The summed E-state index contributed by atoms with van der Waals surface area (Å²) >= 11 is 0. The van der Waals surface area contributed by atoms with Crippen LogP contribution in [0.3, 0.4) is 0 Å². The van der Waals surface area contributed by atoms with Crippen LogP contribution >= 0.6 is 0 Å². The number of imidazole rings is 1. The molecule has 2 N–H and O–H groups in total. The predicted molar refractivity (Wildman–Crippen MR) is 147 cm³/mol. The first-order valence-corrected chi connectivity index (χ1v) is 13.6. The van der Waals surface area contributed by atoms with Gasteiger partial charge in [-0.25, -0.2) is 9.97 Å². The van der Waals surface area contributed by atoms with E-state index < -0.39 is 0 Å². The van der Waals surface area contributed by atoms with Gasteiger partial charge in [-0.3, -0.25) is 20.0 Å². The molecule has 0 unspecified atom stereocenters. The van der Waals surface area contributed by atoms with Crippen molar-refractivity contribution < 1.29 is 4.74 Å². The van der Waals surface area contributed by atoms with Gasteiger partial charge in [0.05, 0.1) is 41.0 Å². The lowest BCUT2D eigenvalue weighted by atomic mass is 10.1. The number of piperidine rings is 1. The number of likely N-dealkylation sites (tertiary alicyclic amines) is 1. The maximum atomic E-state index is 6.02. The van der Waals surface area contributed by atoms with Gasteiger partial charge >= 0.3 is 0 Å². The molecule has 5 aromatic rings. The van der Waals surface area contributed by atoms with E-state index >= 15 is 0 Å². The van der Waals surface area contributed by atoms with Gasteiger partial charge in [-0.1, -0.05) is 0 Å². The maximum absolute atomic E-state index is 6.02. The molecular formula is C28H31N9O. The molecule has 2 aliphatic heterocycles. The van der Waals surface area contributed by atoms with E-state index in [4.69, 9.17) is 14.7 Å². The molecule has 0 aliphatic carbocycles. The van der Waals surface area contributed by atoms with Crippen molar-refractivity contribution in [2.45, 2.75) is 32.1 Å². The number of pyridine rings is 3. The Balaban J connectivity index is 1.18. The largest absolute Gasteiger partial charge is 0.491 e. The number of hydrogen-bond acceptors (Lipinski definition) is 8. The Morgan fingerprint density at radius 3 is 2.55 bits per heavy atom. The minimum Gasteiger partial charge on any atom is -0.491 e. The number of rotatable bonds is 7. The molecule has 0 radical (unpaired) electrons. The van der Waals surface area contributed by atoms with Crippen molar-refractivity contribution in [1.82, 2.24) is 40.0 Å². The molecule has 10 nitrogen and oxygen atoms in total. The van der Waals surface area contributed by atoms with Crippen molar-refractivity contribution in [3.8, 4) is 28.5 Å². The quantitative estimate of drug-likeness (QED) is 0.332. The predicted octanol–water partition coefficient (Wildman–Crippen LogP) is 4.42. The Bertz CT molecular complexity index is 1560. The van der Waals surface area contributed by atoms with Crippen LogP contribution in [0.1, 0.15) is 32.1 Å². The molecular weight excluding hydrogens is 478 g/mol. The molecule has 0 spiro atoms. The maximum Gasteiger partial charge on any atom is 0.161 e. The first kappa shape index (κ1) is 23.1. The number of anilines is 1. The summed E-state index contributed by atoms with van der Waals surface area (Å²) in [6.07, 6.45) is 13.6. The van der Waals surface area contributed by atoms with E-state index in [1.165, 1.54) is 45.2 Å². The highest BCUT2D eigenvalue weighted by molar-refractivity contribution is 5.94. The van der Waals surface area contributed by atoms with Gasteiger partial charge in [0.15, 0.2) is 11.5 Å². The number of fused-ring (bicyclic) bond motifs is 2. The third kappa shape index (κ3) is 4.45. The third-order valence-electron chi connectivity index (χ3n) is 7.59. The fourth-order valence-corrected chi connectivity index (χ4v) is 5.56. The highest BCUT2D eigenvalue weighted by Crippen LogP contribution is 2.32. The summed E-state index contributed by atoms with van der Waals surface area (Å²) in [5.74, 6) is 1.44. The highest BCUT2D eigenvalue weighted by atomic mass is 16.5. The topological polar surface area (TPSA) is 112 Å². The lowest BCUT2D eigenvalue weighted by Crippen LogP contribution is -2.29. The molecule has 38 heavy (non-hydrogen) atoms. The molecule has 0 aromatic carbocycles. The normalized spacial score (nSPS) is 16.6. The van der Waals surface area contributed by atoms with Crippen LogP contribution < -0.4 is 9.64 Å². The van der Waals surface area contributed by atoms with Gasteiger partial charge in [0.2, 0.25) is 0 Å². The van der Waals surface area contributed by atoms with Gasteiger partial charge in [-0.2, -0.15) is 5.10 Å². The van der Waals surface area contributed by atoms with E-state index in [1.54, 1.807) is 6.20 Å². The summed E-state index contributed by atoms with van der Waals surface area (Å²) in [5, 5.41) is 7.68. The van der Waals surface area contributed by atoms with Crippen molar-refractivity contribution in [3.63, 3.8) is 0 Å². The summed E-state index contributed by atoms with van der Waals surface area (Å²) in [5.41, 5.74) is 6.91. The second kappa shape index (κ2) is 10.0. The lowest BCUT2D eigenvalue weighted by Gasteiger charge is -2.28. The Hall–Kier alpha value is -4.05. The molecule has 2 fully saturated rings. The van der Waals surface area contributed by atoms with Crippen molar-refractivity contribution in [2.24, 2.45) is 0 Å². The smallest absolute Gasteiger partial charge is 0.161 e. The van der Waals surface area contributed by atoms with E-state index in [9.17, 15) is 0 Å². The molecule has 2 saturated heterocycles. The number of nitrogens with one attached hydrogen (secondary N) is 2. The molecule has 194 valence electrons. The Morgan fingerprint density at radius 2 is 1.66 bits per heavy atom. The van der Waals surface area contributed by atoms with Crippen molar-refractivity contribution in [1.29, 1.82) is 0 Å². The number of aromatic nitrogens is 7. The standard InChI is InChI=1S/C28H31N9O/c1-2-10-37(11-3-1)24-18-30-17-23-25(24)33-28(32-23)27-26-22(34-35-27)7-6-21(31-26)19-14-20(16-29-15-19)38-13-12-36-8-4-5-9-36/h6-7,14-18H,1-5,8-13H2,(H,32,33)(H,34,35). The molecule has 7 rings (SSSR count). The molecule has 2 aliphatic rings. The fraction of sp³-hybridized carbons (Fsp3) is 0.393. The minimum atomic E-state index is 0.657. The number of H-pyrrole nitrogens is 2.